The summed E-state index contributed by atoms with van der Waals surface area (Å²) in [6.45, 7) is 2.77. The van der Waals surface area contributed by atoms with Crippen molar-refractivity contribution < 1.29 is 32.8 Å². The van der Waals surface area contributed by atoms with Crippen LogP contribution in [0.5, 0.6) is 0 Å². The summed E-state index contributed by atoms with van der Waals surface area (Å²) in [5.41, 5.74) is 0. The lowest BCUT2D eigenvalue weighted by molar-refractivity contribution is -0.175. The lowest BCUT2D eigenvalue weighted by Crippen LogP contribution is -2.56. The van der Waals surface area contributed by atoms with Crippen molar-refractivity contribution in [3.63, 3.8) is 0 Å². The summed E-state index contributed by atoms with van der Waals surface area (Å²) in [7, 11) is -1.77. The number of alkyl halides is 3. The lowest BCUT2D eigenvalue weighted by Gasteiger charge is -2.31. The van der Waals surface area contributed by atoms with Crippen LogP contribution < -0.4 is 5.32 Å². The monoisotopic (exact) mass is 296 g/mol. The number of likely N-dealkylation sites (tertiary alicyclic amines) is 1. The van der Waals surface area contributed by atoms with Crippen molar-refractivity contribution in [2.45, 2.75) is 50.9 Å². The second-order valence-electron chi connectivity index (χ2n) is 4.85. The van der Waals surface area contributed by atoms with E-state index in [0.717, 1.165) is 11.8 Å². The molecule has 10 heteroatoms. The van der Waals surface area contributed by atoms with Crippen molar-refractivity contribution in [3.05, 3.63) is 0 Å². The molecule has 0 aromatic rings. The molecule has 1 heterocycles. The third-order valence-corrected chi connectivity index (χ3v) is 3.29. The number of carbonyl (C=O) groups is 2. The van der Waals surface area contributed by atoms with Gasteiger partial charge in [0.15, 0.2) is 0 Å². The van der Waals surface area contributed by atoms with Crippen molar-refractivity contribution in [1.29, 1.82) is 0 Å². The molecule has 3 atom stereocenters. The molecule has 1 aliphatic heterocycles. The molecular weight excluding hydrogens is 280 g/mol. The molecule has 1 saturated heterocycles. The topological polar surface area (TPSA) is 89.9 Å². The first-order valence-corrected chi connectivity index (χ1v) is 6.11. The molecule has 0 saturated carbocycles. The van der Waals surface area contributed by atoms with Gasteiger partial charge >= 0.3 is 19.2 Å². The number of amides is 2. The summed E-state index contributed by atoms with van der Waals surface area (Å²) < 4.78 is 36.3. The Morgan fingerprint density at radius 1 is 1.35 bits per heavy atom. The van der Waals surface area contributed by atoms with Gasteiger partial charge in [-0.1, -0.05) is 0 Å². The van der Waals surface area contributed by atoms with Crippen LogP contribution in [0.15, 0.2) is 0 Å². The molecule has 0 bridgehead atoms. The zero-order chi connectivity index (χ0) is 15.7. The van der Waals surface area contributed by atoms with Crippen LogP contribution in [0.1, 0.15) is 26.7 Å². The smallest absolute Gasteiger partial charge is 0.426 e. The Kier molecular flexibility index (Phi) is 5.03. The van der Waals surface area contributed by atoms with E-state index in [-0.39, 0.29) is 6.04 Å². The third-order valence-electron chi connectivity index (χ3n) is 3.29. The van der Waals surface area contributed by atoms with Crippen LogP contribution in [0.4, 0.5) is 13.2 Å². The molecule has 1 fully saturated rings. The highest BCUT2D eigenvalue weighted by Gasteiger charge is 2.44. The molecule has 2 unspecified atom stereocenters. The maximum atomic E-state index is 12.1. The van der Waals surface area contributed by atoms with Gasteiger partial charge in [-0.05, 0) is 26.7 Å². The number of rotatable bonds is 3. The van der Waals surface area contributed by atoms with Crippen molar-refractivity contribution in [3.8, 4) is 0 Å². The Balaban J connectivity index is 2.75. The van der Waals surface area contributed by atoms with Gasteiger partial charge in [0.1, 0.15) is 6.04 Å². The van der Waals surface area contributed by atoms with Gasteiger partial charge in [0, 0.05) is 6.04 Å². The Hall–Kier alpha value is -1.29. The molecular formula is C10H16BF3N2O4. The lowest BCUT2D eigenvalue weighted by atomic mass is 9.78. The van der Waals surface area contributed by atoms with Crippen LogP contribution in [0, 0.1) is 0 Å². The highest BCUT2D eigenvalue weighted by atomic mass is 19.4. The standard InChI is InChI=1S/C10H16BF3N2O4/c1-5-3-4-7(11(19)20)16(5)8(17)6(2)15-9(18)10(12,13)14/h5-7,19-20H,3-4H2,1-2H3,(H,15,18)/t5?,6-,7?/m0/s1. The zero-order valence-electron chi connectivity index (χ0n) is 11.0. The fourth-order valence-electron chi connectivity index (χ4n) is 2.25. The van der Waals surface area contributed by atoms with Crippen molar-refractivity contribution >= 4 is 18.9 Å². The summed E-state index contributed by atoms with van der Waals surface area (Å²) in [6.07, 6.45) is -4.22. The first kappa shape index (κ1) is 16.8. The van der Waals surface area contributed by atoms with Gasteiger partial charge in [-0.15, -0.1) is 0 Å². The Morgan fingerprint density at radius 2 is 1.90 bits per heavy atom. The maximum absolute atomic E-state index is 12.1. The van der Waals surface area contributed by atoms with Crippen LogP contribution in [-0.4, -0.2) is 58.1 Å². The summed E-state index contributed by atoms with van der Waals surface area (Å²) in [4.78, 5) is 24.0. The third kappa shape index (κ3) is 3.63. The quantitative estimate of drug-likeness (QED) is 0.609. The summed E-state index contributed by atoms with van der Waals surface area (Å²) >= 11 is 0. The summed E-state index contributed by atoms with van der Waals surface area (Å²) in [5, 5.41) is 19.9. The zero-order valence-corrected chi connectivity index (χ0v) is 11.0. The Bertz CT molecular complexity index is 391. The largest absolute Gasteiger partial charge is 0.475 e. The highest BCUT2D eigenvalue weighted by Crippen LogP contribution is 2.25. The number of nitrogens with zero attached hydrogens (tertiary/aromatic N) is 1. The average Bonchev–Trinajstić information content (AvgIpc) is 2.68. The molecule has 0 aromatic heterocycles. The average molecular weight is 296 g/mol. The van der Waals surface area contributed by atoms with E-state index in [9.17, 15) is 32.8 Å². The van der Waals surface area contributed by atoms with E-state index >= 15 is 0 Å². The van der Waals surface area contributed by atoms with Crippen LogP contribution in [0.25, 0.3) is 0 Å². The minimum atomic E-state index is -5.07. The van der Waals surface area contributed by atoms with E-state index in [0.29, 0.717) is 12.8 Å². The van der Waals surface area contributed by atoms with Gasteiger partial charge in [-0.2, -0.15) is 13.2 Å². The molecule has 1 aliphatic rings. The van der Waals surface area contributed by atoms with E-state index in [1.165, 1.54) is 0 Å². The Morgan fingerprint density at radius 3 is 2.35 bits per heavy atom. The molecule has 3 N–H and O–H groups in total. The van der Waals surface area contributed by atoms with E-state index in [4.69, 9.17) is 0 Å². The van der Waals surface area contributed by atoms with Crippen LogP contribution >= 0.6 is 0 Å². The van der Waals surface area contributed by atoms with Crippen LogP contribution in [0.2, 0.25) is 0 Å². The first-order chi connectivity index (χ1) is 9.05. The van der Waals surface area contributed by atoms with Gasteiger partial charge in [0.25, 0.3) is 0 Å². The van der Waals surface area contributed by atoms with Gasteiger partial charge < -0.3 is 20.3 Å². The number of hydrogen-bond donors (Lipinski definition) is 3. The van der Waals surface area contributed by atoms with E-state index in [1.54, 1.807) is 12.2 Å². The molecule has 114 valence electrons. The number of carbonyl (C=O) groups excluding carboxylic acids is 2. The Labute approximate surface area is 114 Å². The van der Waals surface area contributed by atoms with Gasteiger partial charge in [0.05, 0.1) is 5.94 Å². The van der Waals surface area contributed by atoms with Crippen LogP contribution in [0.3, 0.4) is 0 Å². The minimum Gasteiger partial charge on any atom is -0.426 e. The number of halogens is 3. The summed E-state index contributed by atoms with van der Waals surface area (Å²) in [5.74, 6) is -3.85. The van der Waals surface area contributed by atoms with Crippen molar-refractivity contribution in [1.82, 2.24) is 10.2 Å². The molecule has 20 heavy (non-hydrogen) atoms. The van der Waals surface area contributed by atoms with E-state index in [1.807, 2.05) is 0 Å². The number of nitrogens with one attached hydrogen (secondary N) is 1. The first-order valence-electron chi connectivity index (χ1n) is 6.11. The second kappa shape index (κ2) is 6.00. The van der Waals surface area contributed by atoms with Gasteiger partial charge in [-0.3, -0.25) is 9.59 Å². The fraction of sp³-hybridized carbons (Fsp3) is 0.800. The molecule has 2 amide bonds. The molecule has 0 aliphatic carbocycles. The molecule has 0 radical (unpaired) electrons. The van der Waals surface area contributed by atoms with Gasteiger partial charge in [-0.25, -0.2) is 0 Å². The van der Waals surface area contributed by atoms with Crippen LogP contribution in [-0.2, 0) is 9.59 Å². The second-order valence-corrected chi connectivity index (χ2v) is 4.85. The summed E-state index contributed by atoms with van der Waals surface area (Å²) in [6, 6.07) is -1.73. The molecule has 1 rings (SSSR count). The number of hydrogen-bond acceptors (Lipinski definition) is 4. The molecule has 0 spiro atoms. The normalized spacial score (nSPS) is 24.4. The minimum absolute atomic E-state index is 0.334. The van der Waals surface area contributed by atoms with Crippen molar-refractivity contribution in [2.24, 2.45) is 0 Å². The van der Waals surface area contributed by atoms with Gasteiger partial charge in [0.2, 0.25) is 5.91 Å². The maximum Gasteiger partial charge on any atom is 0.475 e. The SMILES string of the molecule is CC1CCC(B(O)O)N1C(=O)[C@H](C)NC(=O)C(F)(F)F. The van der Waals surface area contributed by atoms with E-state index in [2.05, 4.69) is 0 Å². The predicted octanol–water partition coefficient (Wildman–Crippen LogP) is -0.555. The van der Waals surface area contributed by atoms with Crippen molar-refractivity contribution in [2.75, 3.05) is 0 Å². The van der Waals surface area contributed by atoms with E-state index < -0.39 is 37.1 Å². The molecule has 6 nitrogen and oxygen atoms in total. The predicted molar refractivity (Wildman–Crippen MR) is 63.2 cm³/mol. The molecule has 0 aromatic carbocycles. The fourth-order valence-corrected chi connectivity index (χ4v) is 2.25. The highest BCUT2D eigenvalue weighted by molar-refractivity contribution is 6.43.